The summed E-state index contributed by atoms with van der Waals surface area (Å²) in [5.74, 6) is 0.852. The van der Waals surface area contributed by atoms with Crippen molar-refractivity contribution in [3.8, 4) is 0 Å². The summed E-state index contributed by atoms with van der Waals surface area (Å²) in [5, 5.41) is 0. The second-order valence-electron chi connectivity index (χ2n) is 2.09. The summed E-state index contributed by atoms with van der Waals surface area (Å²) < 4.78 is 11.5. The summed E-state index contributed by atoms with van der Waals surface area (Å²) in [6, 6.07) is 0. The Kier molecular flexibility index (Phi) is 7.26. The van der Waals surface area contributed by atoms with Gasteiger partial charge in [-0.15, -0.1) is 0 Å². The molecule has 0 aliphatic carbocycles. The third-order valence-electron chi connectivity index (χ3n) is 1.27. The second-order valence-corrected chi connectivity index (χ2v) is 2.54. The molecule has 0 unspecified atom stereocenters. The molecule has 0 N–H and O–H groups in total. The van der Waals surface area contributed by atoms with Crippen LogP contribution < -0.4 is 0 Å². The molecule has 0 saturated heterocycles. The quantitative estimate of drug-likeness (QED) is 0.477. The summed E-state index contributed by atoms with van der Waals surface area (Å²) in [6.07, 6.45) is 7.26. The first-order chi connectivity index (χ1) is 5.35. The predicted molar refractivity (Wildman–Crippen MR) is 51.6 cm³/mol. The highest BCUT2D eigenvalue weighted by molar-refractivity contribution is 7.80. The fourth-order valence-electron chi connectivity index (χ4n) is 0.697. The van der Waals surface area contributed by atoms with Crippen LogP contribution in [-0.4, -0.2) is 5.75 Å². The molecule has 2 heteroatoms. The first-order valence-corrected chi connectivity index (χ1v) is 4.17. The molecule has 0 aliphatic rings. The molecule has 0 fully saturated rings. The standard InChI is InChI=1S/C9H13FS/c1-2-9(5-3-7-10)6-4-8-11/h2-3,5,7,11H,1,4,6,8H2/b7-3+,9-5+. The number of thiol groups is 1. The van der Waals surface area contributed by atoms with Crippen LogP contribution in [0.2, 0.25) is 0 Å². The van der Waals surface area contributed by atoms with Gasteiger partial charge < -0.3 is 0 Å². The zero-order valence-corrected chi connectivity index (χ0v) is 7.36. The van der Waals surface area contributed by atoms with Crippen molar-refractivity contribution in [3.05, 3.63) is 36.7 Å². The molecular weight excluding hydrogens is 159 g/mol. The maximum Gasteiger partial charge on any atom is 0.0867 e. The van der Waals surface area contributed by atoms with Gasteiger partial charge in [0.1, 0.15) is 0 Å². The Morgan fingerprint density at radius 2 is 2.27 bits per heavy atom. The van der Waals surface area contributed by atoms with E-state index in [1.165, 1.54) is 6.08 Å². The van der Waals surface area contributed by atoms with E-state index >= 15 is 0 Å². The first kappa shape index (κ1) is 10.5. The van der Waals surface area contributed by atoms with E-state index < -0.39 is 0 Å². The Hall–Kier alpha value is -0.500. The van der Waals surface area contributed by atoms with Crippen LogP contribution in [-0.2, 0) is 0 Å². The molecule has 0 spiro atoms. The molecule has 0 rings (SSSR count). The van der Waals surface area contributed by atoms with Crippen LogP contribution in [0.25, 0.3) is 0 Å². The maximum atomic E-state index is 11.5. The Morgan fingerprint density at radius 3 is 2.73 bits per heavy atom. The zero-order valence-electron chi connectivity index (χ0n) is 6.46. The molecule has 0 bridgehead atoms. The number of hydrogen-bond acceptors (Lipinski definition) is 1. The number of hydrogen-bond donors (Lipinski definition) is 1. The van der Waals surface area contributed by atoms with E-state index in [2.05, 4.69) is 19.2 Å². The fourth-order valence-corrected chi connectivity index (χ4v) is 0.855. The van der Waals surface area contributed by atoms with Gasteiger partial charge in [-0.2, -0.15) is 12.6 Å². The van der Waals surface area contributed by atoms with Gasteiger partial charge in [-0.1, -0.05) is 18.7 Å². The maximum absolute atomic E-state index is 11.5. The minimum atomic E-state index is 0.518. The van der Waals surface area contributed by atoms with Gasteiger partial charge in [0.15, 0.2) is 0 Å². The first-order valence-electron chi connectivity index (χ1n) is 3.54. The van der Waals surface area contributed by atoms with Gasteiger partial charge in [0, 0.05) is 0 Å². The van der Waals surface area contributed by atoms with Crippen LogP contribution in [0.5, 0.6) is 0 Å². The van der Waals surface area contributed by atoms with Gasteiger partial charge in [0.2, 0.25) is 0 Å². The van der Waals surface area contributed by atoms with Crippen LogP contribution in [0, 0.1) is 0 Å². The minimum absolute atomic E-state index is 0.518. The van der Waals surface area contributed by atoms with E-state index in [4.69, 9.17) is 0 Å². The highest BCUT2D eigenvalue weighted by Gasteiger charge is 1.88. The molecule has 11 heavy (non-hydrogen) atoms. The average molecular weight is 172 g/mol. The van der Waals surface area contributed by atoms with Crippen LogP contribution in [0.15, 0.2) is 36.7 Å². The van der Waals surface area contributed by atoms with Crippen molar-refractivity contribution in [1.29, 1.82) is 0 Å². The lowest BCUT2D eigenvalue weighted by Gasteiger charge is -1.96. The van der Waals surface area contributed by atoms with Crippen LogP contribution in [0.3, 0.4) is 0 Å². The molecule has 0 radical (unpaired) electrons. The molecule has 62 valence electrons. The van der Waals surface area contributed by atoms with E-state index in [0.717, 1.165) is 24.2 Å². The van der Waals surface area contributed by atoms with Crippen molar-refractivity contribution in [2.45, 2.75) is 12.8 Å². The lowest BCUT2D eigenvalue weighted by Crippen LogP contribution is -1.79. The van der Waals surface area contributed by atoms with Crippen LogP contribution in [0.4, 0.5) is 4.39 Å². The lowest BCUT2D eigenvalue weighted by atomic mass is 10.1. The Labute approximate surface area is 72.9 Å². The molecule has 0 amide bonds. The van der Waals surface area contributed by atoms with E-state index in [-0.39, 0.29) is 0 Å². The van der Waals surface area contributed by atoms with Crippen molar-refractivity contribution in [2.75, 3.05) is 5.75 Å². The van der Waals surface area contributed by atoms with Crippen LogP contribution >= 0.6 is 12.6 Å². The van der Waals surface area contributed by atoms with Gasteiger partial charge in [0.05, 0.1) is 6.33 Å². The van der Waals surface area contributed by atoms with E-state index in [1.54, 1.807) is 12.2 Å². The number of halogens is 1. The summed E-state index contributed by atoms with van der Waals surface area (Å²) in [5.41, 5.74) is 1.05. The van der Waals surface area contributed by atoms with Gasteiger partial charge in [-0.3, -0.25) is 0 Å². The molecule has 0 aromatic rings. The number of allylic oxidation sites excluding steroid dienone is 4. The van der Waals surface area contributed by atoms with Gasteiger partial charge in [-0.05, 0) is 30.2 Å². The summed E-state index contributed by atoms with van der Waals surface area (Å²) in [7, 11) is 0. The van der Waals surface area contributed by atoms with Gasteiger partial charge in [0.25, 0.3) is 0 Å². The van der Waals surface area contributed by atoms with Crippen molar-refractivity contribution in [3.63, 3.8) is 0 Å². The Bertz CT molecular complexity index is 159. The fraction of sp³-hybridized carbons (Fsp3) is 0.333. The van der Waals surface area contributed by atoms with Gasteiger partial charge >= 0.3 is 0 Å². The normalized spacial score (nSPS) is 12.4. The summed E-state index contributed by atoms with van der Waals surface area (Å²) in [4.78, 5) is 0. The Morgan fingerprint density at radius 1 is 1.55 bits per heavy atom. The highest BCUT2D eigenvalue weighted by atomic mass is 32.1. The topological polar surface area (TPSA) is 0 Å². The third-order valence-corrected chi connectivity index (χ3v) is 1.59. The molecular formula is C9H13FS. The van der Waals surface area contributed by atoms with E-state index in [9.17, 15) is 4.39 Å². The summed E-state index contributed by atoms with van der Waals surface area (Å²) in [6.45, 7) is 3.62. The summed E-state index contributed by atoms with van der Waals surface area (Å²) >= 11 is 4.07. The SMILES string of the molecule is C=C/C(=C\C=C\F)CCCS. The minimum Gasteiger partial charge on any atom is -0.216 e. The van der Waals surface area contributed by atoms with Crippen LogP contribution in [0.1, 0.15) is 12.8 Å². The van der Waals surface area contributed by atoms with Crippen molar-refractivity contribution in [1.82, 2.24) is 0 Å². The third kappa shape index (κ3) is 5.92. The number of rotatable bonds is 5. The predicted octanol–water partition coefficient (Wildman–Crippen LogP) is 3.29. The van der Waals surface area contributed by atoms with E-state index in [0.29, 0.717) is 6.33 Å². The van der Waals surface area contributed by atoms with Crippen molar-refractivity contribution in [2.24, 2.45) is 0 Å². The molecule has 0 saturated carbocycles. The van der Waals surface area contributed by atoms with E-state index in [1.807, 2.05) is 0 Å². The second kappa shape index (κ2) is 7.61. The highest BCUT2D eigenvalue weighted by Crippen LogP contribution is 2.06. The molecule has 0 aromatic heterocycles. The average Bonchev–Trinajstić information content (AvgIpc) is 2.05. The van der Waals surface area contributed by atoms with Crippen molar-refractivity contribution < 1.29 is 4.39 Å². The van der Waals surface area contributed by atoms with Crippen molar-refractivity contribution >= 4 is 12.6 Å². The lowest BCUT2D eigenvalue weighted by molar-refractivity contribution is 0.721. The molecule has 0 nitrogen and oxygen atoms in total. The zero-order chi connectivity index (χ0) is 8.53. The monoisotopic (exact) mass is 172 g/mol. The molecule has 0 atom stereocenters. The molecule has 0 heterocycles. The molecule has 0 aromatic carbocycles. The molecule has 0 aliphatic heterocycles. The smallest absolute Gasteiger partial charge is 0.0867 e. The largest absolute Gasteiger partial charge is 0.216 e. The Balaban J connectivity index is 3.83. The van der Waals surface area contributed by atoms with Gasteiger partial charge in [-0.25, -0.2) is 4.39 Å².